The number of phenolic OH excluding ortho intramolecular Hbond substituents is 4. The highest BCUT2D eigenvalue weighted by Crippen LogP contribution is 2.25. The predicted molar refractivity (Wildman–Crippen MR) is 114 cm³/mol. The van der Waals surface area contributed by atoms with E-state index in [1.807, 2.05) is 0 Å². The van der Waals surface area contributed by atoms with Gasteiger partial charge in [0, 0.05) is 24.9 Å². The molecule has 2 rings (SSSR count). The third-order valence-electron chi connectivity index (χ3n) is 4.17. The second kappa shape index (κ2) is 11.8. The maximum absolute atomic E-state index is 11.7. The minimum absolute atomic E-state index is 0.178. The van der Waals surface area contributed by atoms with E-state index in [-0.39, 0.29) is 23.0 Å². The van der Waals surface area contributed by atoms with Crippen LogP contribution in [0.4, 0.5) is 0 Å². The maximum Gasteiger partial charge on any atom is 0.263 e. The molecule has 0 spiro atoms. The lowest BCUT2D eigenvalue weighted by Crippen LogP contribution is -2.40. The standard InChI is InChI=1S/C22H25N3O6/c26-17-7-5-15(13-19(17)28)3-1-2-4-21(30)24-25-22(31)10-12-23-11-9-16-6-8-18(27)20(29)14-16/h2,4-8,10,12-14,23,26-29H,1,3,9,11H2,(H,24,30)(H,25,31). The number of allylic oxidation sites excluding steroid dienone is 1. The van der Waals surface area contributed by atoms with Crippen LogP contribution in [0.15, 0.2) is 60.8 Å². The number of amides is 2. The van der Waals surface area contributed by atoms with Crippen LogP contribution < -0.4 is 16.2 Å². The van der Waals surface area contributed by atoms with Crippen molar-refractivity contribution in [2.75, 3.05) is 6.54 Å². The van der Waals surface area contributed by atoms with Crippen LogP contribution in [-0.4, -0.2) is 38.8 Å². The number of aromatic hydroxyl groups is 4. The van der Waals surface area contributed by atoms with Gasteiger partial charge in [0.15, 0.2) is 23.0 Å². The summed E-state index contributed by atoms with van der Waals surface area (Å²) >= 11 is 0. The van der Waals surface area contributed by atoms with Gasteiger partial charge in [0.25, 0.3) is 11.8 Å². The van der Waals surface area contributed by atoms with Crippen LogP contribution >= 0.6 is 0 Å². The quantitative estimate of drug-likeness (QED) is 0.139. The normalized spacial score (nSPS) is 11.0. The van der Waals surface area contributed by atoms with Gasteiger partial charge in [-0.3, -0.25) is 20.4 Å². The molecule has 0 radical (unpaired) electrons. The second-order valence-corrected chi connectivity index (χ2v) is 6.60. The third kappa shape index (κ3) is 8.40. The molecule has 0 fully saturated rings. The fourth-order valence-corrected chi connectivity index (χ4v) is 2.53. The maximum atomic E-state index is 11.7. The summed E-state index contributed by atoms with van der Waals surface area (Å²) in [7, 11) is 0. The van der Waals surface area contributed by atoms with Crippen molar-refractivity contribution < 1.29 is 30.0 Å². The number of benzene rings is 2. The van der Waals surface area contributed by atoms with Crippen LogP contribution in [0.25, 0.3) is 0 Å². The van der Waals surface area contributed by atoms with Gasteiger partial charge in [0.05, 0.1) is 0 Å². The Hall–Kier alpha value is -4.14. The molecule has 2 aromatic rings. The molecule has 0 aliphatic rings. The van der Waals surface area contributed by atoms with Crippen molar-refractivity contribution in [1.82, 2.24) is 16.2 Å². The molecule has 0 heterocycles. The van der Waals surface area contributed by atoms with E-state index in [1.54, 1.807) is 18.2 Å². The van der Waals surface area contributed by atoms with Crippen molar-refractivity contribution in [3.63, 3.8) is 0 Å². The minimum atomic E-state index is -0.518. The summed E-state index contributed by atoms with van der Waals surface area (Å²) in [5.74, 6) is -1.74. The lowest BCUT2D eigenvalue weighted by Gasteiger charge is -2.04. The molecule has 0 aliphatic heterocycles. The Bertz CT molecular complexity index is 972. The fourth-order valence-electron chi connectivity index (χ4n) is 2.53. The van der Waals surface area contributed by atoms with Crippen LogP contribution in [0.2, 0.25) is 0 Å². The van der Waals surface area contributed by atoms with E-state index in [9.17, 15) is 30.0 Å². The van der Waals surface area contributed by atoms with Crippen molar-refractivity contribution in [3.05, 3.63) is 72.0 Å². The molecule has 0 aliphatic carbocycles. The Kier molecular flexibility index (Phi) is 8.78. The number of phenols is 4. The highest BCUT2D eigenvalue weighted by atomic mass is 16.3. The van der Waals surface area contributed by atoms with Crippen molar-refractivity contribution in [3.8, 4) is 23.0 Å². The van der Waals surface area contributed by atoms with E-state index < -0.39 is 11.8 Å². The Labute approximate surface area is 179 Å². The molecular weight excluding hydrogens is 402 g/mol. The number of carbonyl (C=O) groups excluding carboxylic acids is 2. The lowest BCUT2D eigenvalue weighted by atomic mass is 10.1. The molecule has 0 bridgehead atoms. The molecule has 0 unspecified atom stereocenters. The van der Waals surface area contributed by atoms with Crippen LogP contribution in [0.5, 0.6) is 23.0 Å². The molecule has 2 aromatic carbocycles. The monoisotopic (exact) mass is 427 g/mol. The molecule has 0 saturated heterocycles. The van der Waals surface area contributed by atoms with Gasteiger partial charge in [0.1, 0.15) is 0 Å². The Morgan fingerprint density at radius 1 is 0.742 bits per heavy atom. The van der Waals surface area contributed by atoms with Gasteiger partial charge in [0.2, 0.25) is 0 Å². The van der Waals surface area contributed by atoms with Crippen molar-refractivity contribution in [1.29, 1.82) is 0 Å². The topological polar surface area (TPSA) is 151 Å². The first-order valence-corrected chi connectivity index (χ1v) is 9.53. The molecule has 0 aromatic heterocycles. The second-order valence-electron chi connectivity index (χ2n) is 6.60. The Morgan fingerprint density at radius 2 is 1.29 bits per heavy atom. The first-order valence-electron chi connectivity index (χ1n) is 9.53. The highest BCUT2D eigenvalue weighted by molar-refractivity contribution is 5.92. The van der Waals surface area contributed by atoms with Gasteiger partial charge in [-0.15, -0.1) is 0 Å². The lowest BCUT2D eigenvalue weighted by molar-refractivity contribution is -0.123. The molecule has 164 valence electrons. The zero-order chi connectivity index (χ0) is 22.6. The smallest absolute Gasteiger partial charge is 0.263 e. The number of carbonyl (C=O) groups is 2. The Balaban J connectivity index is 1.60. The molecule has 9 nitrogen and oxygen atoms in total. The number of hydrazine groups is 1. The predicted octanol–water partition coefficient (Wildman–Crippen LogP) is 1.49. The summed E-state index contributed by atoms with van der Waals surface area (Å²) in [6.07, 6.45) is 7.25. The molecule has 31 heavy (non-hydrogen) atoms. The highest BCUT2D eigenvalue weighted by Gasteiger charge is 2.02. The van der Waals surface area contributed by atoms with Gasteiger partial charge >= 0.3 is 0 Å². The summed E-state index contributed by atoms with van der Waals surface area (Å²) in [6.45, 7) is 0.502. The van der Waals surface area contributed by atoms with Crippen molar-refractivity contribution in [2.45, 2.75) is 19.3 Å². The number of hydrogen-bond donors (Lipinski definition) is 7. The summed E-state index contributed by atoms with van der Waals surface area (Å²) < 4.78 is 0. The van der Waals surface area contributed by atoms with E-state index in [0.717, 1.165) is 11.1 Å². The molecule has 0 saturated carbocycles. The third-order valence-corrected chi connectivity index (χ3v) is 4.17. The van der Waals surface area contributed by atoms with Gasteiger partial charge in [-0.05, 0) is 54.7 Å². The molecule has 2 amide bonds. The molecule has 7 N–H and O–H groups in total. The van der Waals surface area contributed by atoms with Gasteiger partial charge in [-0.25, -0.2) is 0 Å². The summed E-state index contributed by atoms with van der Waals surface area (Å²) in [4.78, 5) is 23.3. The molecule has 0 atom stereocenters. The van der Waals surface area contributed by atoms with Crippen LogP contribution in [-0.2, 0) is 22.4 Å². The minimum Gasteiger partial charge on any atom is -0.504 e. The van der Waals surface area contributed by atoms with Crippen LogP contribution in [0, 0.1) is 0 Å². The van der Waals surface area contributed by atoms with Gasteiger partial charge < -0.3 is 25.7 Å². The number of nitrogens with one attached hydrogen (secondary N) is 3. The number of rotatable bonds is 9. The van der Waals surface area contributed by atoms with E-state index in [0.29, 0.717) is 25.8 Å². The van der Waals surface area contributed by atoms with Crippen molar-refractivity contribution in [2.24, 2.45) is 0 Å². The van der Waals surface area contributed by atoms with E-state index in [1.165, 1.54) is 42.6 Å². The van der Waals surface area contributed by atoms with E-state index in [4.69, 9.17) is 0 Å². The Morgan fingerprint density at radius 3 is 1.87 bits per heavy atom. The summed E-state index contributed by atoms with van der Waals surface area (Å²) in [5.41, 5.74) is 6.12. The largest absolute Gasteiger partial charge is 0.504 e. The van der Waals surface area contributed by atoms with Gasteiger partial charge in [-0.2, -0.15) is 0 Å². The number of aryl methyl sites for hydroxylation is 1. The first kappa shape index (κ1) is 23.1. The first-order chi connectivity index (χ1) is 14.8. The zero-order valence-corrected chi connectivity index (χ0v) is 16.7. The average Bonchev–Trinajstić information content (AvgIpc) is 2.74. The molecular formula is C22H25N3O6. The number of hydrogen-bond acceptors (Lipinski definition) is 7. The van der Waals surface area contributed by atoms with Gasteiger partial charge in [-0.1, -0.05) is 18.2 Å². The SMILES string of the molecule is O=C(C=CCCc1ccc(O)c(O)c1)NNC(=O)C=CNCCc1ccc(O)c(O)c1. The summed E-state index contributed by atoms with van der Waals surface area (Å²) in [6, 6.07) is 9.09. The fraction of sp³-hybridized carbons (Fsp3) is 0.182. The van der Waals surface area contributed by atoms with Crippen LogP contribution in [0.3, 0.4) is 0 Å². The zero-order valence-electron chi connectivity index (χ0n) is 16.7. The van der Waals surface area contributed by atoms with Crippen LogP contribution in [0.1, 0.15) is 17.5 Å². The van der Waals surface area contributed by atoms with E-state index in [2.05, 4.69) is 16.2 Å². The van der Waals surface area contributed by atoms with Crippen molar-refractivity contribution >= 4 is 11.8 Å². The van der Waals surface area contributed by atoms with E-state index >= 15 is 0 Å². The average molecular weight is 427 g/mol. The summed E-state index contributed by atoms with van der Waals surface area (Å²) in [5, 5.41) is 40.3. The molecule has 9 heteroatoms.